The average Bonchev–Trinajstić information content (AvgIpc) is 3.27. The van der Waals surface area contributed by atoms with Gasteiger partial charge in [-0.25, -0.2) is 4.52 Å². The first-order valence-electron chi connectivity index (χ1n) is 7.64. The van der Waals surface area contributed by atoms with E-state index in [1.165, 1.54) is 5.39 Å². The molecule has 0 fully saturated rings. The summed E-state index contributed by atoms with van der Waals surface area (Å²) in [6.45, 7) is 0. The molecular weight excluding hydrogens is 300 g/mol. The predicted octanol–water partition coefficient (Wildman–Crippen LogP) is 4.20. The maximum absolute atomic E-state index is 5.78. The number of hydrogen-bond donors (Lipinski definition) is 0. The molecule has 0 spiro atoms. The molecule has 0 aliphatic carbocycles. The average molecular weight is 312 g/mol. The molecule has 3 aromatic heterocycles. The Labute approximate surface area is 137 Å². The van der Waals surface area contributed by atoms with E-state index in [0.29, 0.717) is 17.5 Å². The summed E-state index contributed by atoms with van der Waals surface area (Å²) in [4.78, 5) is 0. The molecule has 5 nitrogen and oxygen atoms in total. The van der Waals surface area contributed by atoms with Crippen LogP contribution in [0.5, 0.6) is 0 Å². The fourth-order valence-corrected chi connectivity index (χ4v) is 2.80. The van der Waals surface area contributed by atoms with E-state index in [4.69, 9.17) is 4.42 Å². The maximum atomic E-state index is 5.78. The Hall–Kier alpha value is -3.47. The van der Waals surface area contributed by atoms with Crippen LogP contribution in [0.3, 0.4) is 0 Å². The van der Waals surface area contributed by atoms with E-state index >= 15 is 0 Å². The lowest BCUT2D eigenvalue weighted by atomic mass is 10.2. The second-order valence-corrected chi connectivity index (χ2v) is 5.58. The fourth-order valence-electron chi connectivity index (χ4n) is 2.80. The van der Waals surface area contributed by atoms with Crippen molar-refractivity contribution in [3.63, 3.8) is 0 Å². The van der Waals surface area contributed by atoms with Crippen LogP contribution < -0.4 is 0 Å². The molecular formula is C19H12N4O. The highest BCUT2D eigenvalue weighted by Gasteiger charge is 2.13. The summed E-state index contributed by atoms with van der Waals surface area (Å²) in [5.41, 5.74) is 2.55. The van der Waals surface area contributed by atoms with Gasteiger partial charge in [-0.1, -0.05) is 42.5 Å². The van der Waals surface area contributed by atoms with E-state index in [0.717, 1.165) is 16.5 Å². The summed E-state index contributed by atoms with van der Waals surface area (Å²) in [5.74, 6) is 0.912. The monoisotopic (exact) mass is 312 g/mol. The molecule has 0 radical (unpaired) electrons. The molecule has 0 saturated carbocycles. The minimum Gasteiger partial charge on any atom is -0.415 e. The zero-order chi connectivity index (χ0) is 15.9. The molecule has 5 aromatic rings. The fraction of sp³-hybridized carbons (Fsp3) is 0. The Kier molecular flexibility index (Phi) is 2.72. The SMILES string of the molecule is c1ccc(-c2nnc(-c3cc4cc5ccccc5cn4n3)o2)cc1. The van der Waals surface area contributed by atoms with Gasteiger partial charge in [0.05, 0.1) is 5.52 Å². The Morgan fingerprint density at radius 3 is 2.38 bits per heavy atom. The molecule has 0 N–H and O–H groups in total. The zero-order valence-electron chi connectivity index (χ0n) is 12.6. The highest BCUT2D eigenvalue weighted by Crippen LogP contribution is 2.25. The molecule has 5 heteroatoms. The normalized spacial score (nSPS) is 11.3. The Bertz CT molecular complexity index is 1110. The van der Waals surface area contributed by atoms with Crippen molar-refractivity contribution >= 4 is 16.3 Å². The van der Waals surface area contributed by atoms with Crippen molar-refractivity contribution in [3.05, 3.63) is 72.9 Å². The number of fused-ring (bicyclic) bond motifs is 2. The third kappa shape index (κ3) is 2.06. The van der Waals surface area contributed by atoms with Gasteiger partial charge in [-0.2, -0.15) is 5.10 Å². The van der Waals surface area contributed by atoms with E-state index in [2.05, 4.69) is 33.5 Å². The van der Waals surface area contributed by atoms with Crippen LogP contribution in [0.2, 0.25) is 0 Å². The standard InChI is InChI=1S/C19H12N4O/c1-2-6-13(7-3-1)18-20-21-19(24-18)17-11-16-10-14-8-4-5-9-15(14)12-23(16)22-17/h1-12H. The van der Waals surface area contributed by atoms with Gasteiger partial charge in [-0.15, -0.1) is 10.2 Å². The van der Waals surface area contributed by atoms with Gasteiger partial charge in [-0.05, 0) is 29.7 Å². The van der Waals surface area contributed by atoms with Crippen molar-refractivity contribution in [3.8, 4) is 23.0 Å². The van der Waals surface area contributed by atoms with Gasteiger partial charge in [0.2, 0.25) is 5.89 Å². The van der Waals surface area contributed by atoms with Gasteiger partial charge in [0, 0.05) is 17.1 Å². The first-order valence-corrected chi connectivity index (χ1v) is 7.64. The Morgan fingerprint density at radius 2 is 1.50 bits per heavy atom. The number of rotatable bonds is 2. The lowest BCUT2D eigenvalue weighted by Crippen LogP contribution is -1.87. The van der Waals surface area contributed by atoms with Crippen LogP contribution in [0.15, 0.2) is 77.3 Å². The number of benzene rings is 2. The minimum atomic E-state index is 0.418. The van der Waals surface area contributed by atoms with E-state index in [-0.39, 0.29) is 0 Å². The second kappa shape index (κ2) is 5.03. The lowest BCUT2D eigenvalue weighted by Gasteiger charge is -1.98. The zero-order valence-corrected chi connectivity index (χ0v) is 12.6. The van der Waals surface area contributed by atoms with Crippen molar-refractivity contribution in [1.29, 1.82) is 0 Å². The van der Waals surface area contributed by atoms with Crippen molar-refractivity contribution in [1.82, 2.24) is 19.8 Å². The molecule has 0 aliphatic heterocycles. The maximum Gasteiger partial charge on any atom is 0.268 e. The molecule has 3 heterocycles. The number of pyridine rings is 1. The van der Waals surface area contributed by atoms with Gasteiger partial charge in [0.1, 0.15) is 0 Å². The number of nitrogens with zero attached hydrogens (tertiary/aromatic N) is 4. The van der Waals surface area contributed by atoms with Crippen molar-refractivity contribution in [2.45, 2.75) is 0 Å². The quantitative estimate of drug-likeness (QED) is 0.490. The molecule has 0 unspecified atom stereocenters. The summed E-state index contributed by atoms with van der Waals surface area (Å²) in [6.07, 6.45) is 2.00. The molecule has 5 rings (SSSR count). The number of hydrogen-bond acceptors (Lipinski definition) is 4. The van der Waals surface area contributed by atoms with Gasteiger partial charge >= 0.3 is 0 Å². The Balaban J connectivity index is 1.62. The molecule has 0 aliphatic rings. The first kappa shape index (κ1) is 13.0. The van der Waals surface area contributed by atoms with E-state index in [9.17, 15) is 0 Å². The summed E-state index contributed by atoms with van der Waals surface area (Å²) in [6, 6.07) is 22.0. The molecule has 0 atom stereocenters. The molecule has 114 valence electrons. The van der Waals surface area contributed by atoms with Gasteiger partial charge in [0.15, 0.2) is 5.69 Å². The third-order valence-electron chi connectivity index (χ3n) is 3.99. The van der Waals surface area contributed by atoms with Crippen molar-refractivity contribution in [2.24, 2.45) is 0 Å². The van der Waals surface area contributed by atoms with Crippen LogP contribution in [-0.4, -0.2) is 19.8 Å². The highest BCUT2D eigenvalue weighted by molar-refractivity contribution is 5.86. The van der Waals surface area contributed by atoms with E-state index in [1.54, 1.807) is 0 Å². The predicted molar refractivity (Wildman–Crippen MR) is 91.4 cm³/mol. The van der Waals surface area contributed by atoms with Gasteiger partial charge in [-0.3, -0.25) is 0 Å². The van der Waals surface area contributed by atoms with Crippen LogP contribution in [0, 0.1) is 0 Å². The summed E-state index contributed by atoms with van der Waals surface area (Å²) in [7, 11) is 0. The topological polar surface area (TPSA) is 56.2 Å². The Morgan fingerprint density at radius 1 is 0.750 bits per heavy atom. The van der Waals surface area contributed by atoms with Gasteiger partial charge in [0.25, 0.3) is 5.89 Å². The van der Waals surface area contributed by atoms with Crippen LogP contribution in [0.1, 0.15) is 0 Å². The summed E-state index contributed by atoms with van der Waals surface area (Å²) in [5, 5.41) is 15.1. The highest BCUT2D eigenvalue weighted by atomic mass is 16.4. The van der Waals surface area contributed by atoms with Crippen LogP contribution in [0.25, 0.3) is 39.3 Å². The molecule has 0 bridgehead atoms. The molecule has 0 amide bonds. The van der Waals surface area contributed by atoms with Gasteiger partial charge < -0.3 is 4.42 Å². The second-order valence-electron chi connectivity index (χ2n) is 5.58. The van der Waals surface area contributed by atoms with Crippen LogP contribution in [0.4, 0.5) is 0 Å². The molecule has 2 aromatic carbocycles. The van der Waals surface area contributed by atoms with E-state index in [1.807, 2.05) is 59.2 Å². The largest absolute Gasteiger partial charge is 0.415 e. The van der Waals surface area contributed by atoms with Crippen LogP contribution in [-0.2, 0) is 0 Å². The number of aromatic nitrogens is 4. The third-order valence-corrected chi connectivity index (χ3v) is 3.99. The van der Waals surface area contributed by atoms with Crippen molar-refractivity contribution in [2.75, 3.05) is 0 Å². The summed E-state index contributed by atoms with van der Waals surface area (Å²) >= 11 is 0. The summed E-state index contributed by atoms with van der Waals surface area (Å²) < 4.78 is 7.62. The van der Waals surface area contributed by atoms with Crippen LogP contribution >= 0.6 is 0 Å². The lowest BCUT2D eigenvalue weighted by molar-refractivity contribution is 0.581. The van der Waals surface area contributed by atoms with Crippen molar-refractivity contribution < 1.29 is 4.42 Å². The smallest absolute Gasteiger partial charge is 0.268 e. The molecule has 0 saturated heterocycles. The first-order chi connectivity index (χ1) is 11.9. The van der Waals surface area contributed by atoms with E-state index < -0.39 is 0 Å². The molecule has 24 heavy (non-hydrogen) atoms. The minimum absolute atomic E-state index is 0.418.